The maximum atomic E-state index is 12.1. The van der Waals surface area contributed by atoms with Crippen LogP contribution in [-0.4, -0.2) is 29.0 Å². The molecule has 0 bridgehead atoms. The third kappa shape index (κ3) is 5.23. The summed E-state index contributed by atoms with van der Waals surface area (Å²) < 4.78 is 5.48. The molecule has 0 saturated carbocycles. The zero-order chi connectivity index (χ0) is 16.7. The lowest BCUT2D eigenvalue weighted by Gasteiger charge is -2.07. The van der Waals surface area contributed by atoms with Crippen LogP contribution in [0.25, 0.3) is 0 Å². The molecule has 122 valence electrons. The molecule has 0 atom stereocenters. The highest BCUT2D eigenvalue weighted by molar-refractivity contribution is 5.94. The quantitative estimate of drug-likeness (QED) is 0.652. The number of benzene rings is 1. The van der Waals surface area contributed by atoms with Gasteiger partial charge in [-0.3, -0.25) is 9.59 Å². The monoisotopic (exact) mass is 316 g/mol. The molecule has 1 aromatic heterocycles. The van der Waals surface area contributed by atoms with E-state index in [1.807, 2.05) is 0 Å². The smallest absolute Gasteiger partial charge is 0.251 e. The predicted molar refractivity (Wildman–Crippen MR) is 86.4 cm³/mol. The van der Waals surface area contributed by atoms with Crippen LogP contribution < -0.4 is 21.3 Å². The minimum Gasteiger partial charge on any atom is -0.494 e. The first-order valence-electron chi connectivity index (χ1n) is 7.36. The van der Waals surface area contributed by atoms with Gasteiger partial charge in [-0.15, -0.1) is 0 Å². The summed E-state index contributed by atoms with van der Waals surface area (Å²) in [5, 5.41) is 2.71. The number of nitrogens with two attached hydrogens (primary N) is 1. The SMILES string of the molecule is Cc1cc(=O)[nH]c(CNC(=O)c2ccc(OCCCN)cc2)n1. The van der Waals surface area contributed by atoms with E-state index in [0.29, 0.717) is 36.0 Å². The van der Waals surface area contributed by atoms with Crippen molar-refractivity contribution in [2.75, 3.05) is 13.2 Å². The lowest BCUT2D eigenvalue weighted by molar-refractivity contribution is 0.0949. The number of aryl methyl sites for hydroxylation is 1. The van der Waals surface area contributed by atoms with Crippen molar-refractivity contribution in [3.8, 4) is 5.75 Å². The van der Waals surface area contributed by atoms with Gasteiger partial charge in [0.2, 0.25) is 0 Å². The van der Waals surface area contributed by atoms with Gasteiger partial charge in [-0.25, -0.2) is 4.98 Å². The Hall–Kier alpha value is -2.67. The zero-order valence-electron chi connectivity index (χ0n) is 13.0. The highest BCUT2D eigenvalue weighted by Gasteiger charge is 2.07. The van der Waals surface area contributed by atoms with Gasteiger partial charge in [0.1, 0.15) is 11.6 Å². The molecule has 1 aromatic carbocycles. The van der Waals surface area contributed by atoms with Gasteiger partial charge < -0.3 is 20.8 Å². The molecule has 0 aliphatic carbocycles. The number of rotatable bonds is 7. The van der Waals surface area contributed by atoms with Gasteiger partial charge in [0.05, 0.1) is 13.2 Å². The number of amides is 1. The van der Waals surface area contributed by atoms with Crippen molar-refractivity contribution in [3.05, 3.63) is 57.8 Å². The fraction of sp³-hybridized carbons (Fsp3) is 0.312. The Morgan fingerprint density at radius 3 is 2.74 bits per heavy atom. The van der Waals surface area contributed by atoms with E-state index in [4.69, 9.17) is 10.5 Å². The van der Waals surface area contributed by atoms with Gasteiger partial charge in [-0.05, 0) is 44.2 Å². The highest BCUT2D eigenvalue weighted by Crippen LogP contribution is 2.12. The van der Waals surface area contributed by atoms with E-state index in [1.165, 1.54) is 6.07 Å². The molecule has 2 rings (SSSR count). The highest BCUT2D eigenvalue weighted by atomic mass is 16.5. The van der Waals surface area contributed by atoms with Crippen LogP contribution >= 0.6 is 0 Å². The standard InChI is InChI=1S/C16H20N4O3/c1-11-9-15(21)20-14(19-11)10-18-16(22)12-3-5-13(6-4-12)23-8-2-7-17/h3-6,9H,2,7-8,10,17H2,1H3,(H,18,22)(H,19,20,21). The third-order valence-corrected chi connectivity index (χ3v) is 3.07. The van der Waals surface area contributed by atoms with Crippen molar-refractivity contribution < 1.29 is 9.53 Å². The molecule has 7 heteroatoms. The molecule has 4 N–H and O–H groups in total. The van der Waals surface area contributed by atoms with E-state index in [9.17, 15) is 9.59 Å². The van der Waals surface area contributed by atoms with Crippen molar-refractivity contribution >= 4 is 5.91 Å². The Bertz CT molecular complexity index is 710. The summed E-state index contributed by atoms with van der Waals surface area (Å²) >= 11 is 0. The predicted octanol–water partition coefficient (Wildman–Crippen LogP) is 0.736. The number of H-pyrrole nitrogens is 1. The summed E-state index contributed by atoms with van der Waals surface area (Å²) in [6, 6.07) is 8.23. The summed E-state index contributed by atoms with van der Waals surface area (Å²) in [6.45, 7) is 3.01. The molecule has 1 amide bonds. The molecular weight excluding hydrogens is 296 g/mol. The van der Waals surface area contributed by atoms with E-state index in [-0.39, 0.29) is 18.0 Å². The molecule has 0 spiro atoms. The number of hydrogen-bond acceptors (Lipinski definition) is 5. The fourth-order valence-electron chi connectivity index (χ4n) is 1.97. The maximum Gasteiger partial charge on any atom is 0.251 e. The molecule has 0 aliphatic heterocycles. The zero-order valence-corrected chi connectivity index (χ0v) is 13.0. The second kappa shape index (κ2) is 8.09. The van der Waals surface area contributed by atoms with E-state index >= 15 is 0 Å². The maximum absolute atomic E-state index is 12.1. The summed E-state index contributed by atoms with van der Waals surface area (Å²) in [5.74, 6) is 0.868. The summed E-state index contributed by atoms with van der Waals surface area (Å²) in [4.78, 5) is 30.1. The Kier molecular flexibility index (Phi) is 5.87. The molecule has 1 heterocycles. The Labute approximate surface area is 133 Å². The second-order valence-corrected chi connectivity index (χ2v) is 5.03. The number of nitrogens with one attached hydrogen (secondary N) is 2. The lowest BCUT2D eigenvalue weighted by atomic mass is 10.2. The Morgan fingerprint density at radius 2 is 2.09 bits per heavy atom. The van der Waals surface area contributed by atoms with Crippen molar-refractivity contribution in [2.24, 2.45) is 5.73 Å². The van der Waals surface area contributed by atoms with E-state index < -0.39 is 0 Å². The van der Waals surface area contributed by atoms with E-state index in [1.54, 1.807) is 31.2 Å². The molecule has 0 aliphatic rings. The van der Waals surface area contributed by atoms with E-state index in [2.05, 4.69) is 15.3 Å². The molecule has 0 saturated heterocycles. The molecule has 0 radical (unpaired) electrons. The molecular formula is C16H20N4O3. The van der Waals surface area contributed by atoms with Crippen LogP contribution in [0, 0.1) is 6.92 Å². The first-order chi connectivity index (χ1) is 11.1. The molecule has 0 unspecified atom stereocenters. The summed E-state index contributed by atoms with van der Waals surface area (Å²) in [5.41, 5.74) is 6.27. The topological polar surface area (TPSA) is 110 Å². The molecule has 0 fully saturated rings. The van der Waals surface area contributed by atoms with Crippen molar-refractivity contribution in [3.63, 3.8) is 0 Å². The minimum absolute atomic E-state index is 0.157. The van der Waals surface area contributed by atoms with Crippen molar-refractivity contribution in [1.82, 2.24) is 15.3 Å². The van der Waals surface area contributed by atoms with Crippen LogP contribution in [0.1, 0.15) is 28.3 Å². The second-order valence-electron chi connectivity index (χ2n) is 5.03. The Morgan fingerprint density at radius 1 is 1.35 bits per heavy atom. The van der Waals surface area contributed by atoms with Gasteiger partial charge in [-0.1, -0.05) is 0 Å². The number of carbonyl (C=O) groups excluding carboxylic acids is 1. The van der Waals surface area contributed by atoms with Gasteiger partial charge in [0.25, 0.3) is 11.5 Å². The van der Waals surface area contributed by atoms with E-state index in [0.717, 1.165) is 6.42 Å². The van der Waals surface area contributed by atoms with Crippen LogP contribution in [0.3, 0.4) is 0 Å². The van der Waals surface area contributed by atoms with Crippen LogP contribution in [0.15, 0.2) is 35.1 Å². The molecule has 2 aromatic rings. The third-order valence-electron chi connectivity index (χ3n) is 3.07. The number of hydrogen-bond donors (Lipinski definition) is 3. The average Bonchev–Trinajstić information content (AvgIpc) is 2.53. The normalized spacial score (nSPS) is 10.3. The number of carbonyl (C=O) groups is 1. The van der Waals surface area contributed by atoms with Gasteiger partial charge >= 0.3 is 0 Å². The molecule has 23 heavy (non-hydrogen) atoms. The minimum atomic E-state index is -0.248. The summed E-state index contributed by atoms with van der Waals surface area (Å²) in [7, 11) is 0. The van der Waals surface area contributed by atoms with Crippen LogP contribution in [0.4, 0.5) is 0 Å². The summed E-state index contributed by atoms with van der Waals surface area (Å²) in [6.07, 6.45) is 0.782. The first kappa shape index (κ1) is 16.7. The first-order valence-corrected chi connectivity index (χ1v) is 7.36. The lowest BCUT2D eigenvalue weighted by Crippen LogP contribution is -2.25. The van der Waals surface area contributed by atoms with Crippen molar-refractivity contribution in [1.29, 1.82) is 0 Å². The molecule has 7 nitrogen and oxygen atoms in total. The Balaban J connectivity index is 1.91. The van der Waals surface area contributed by atoms with Gasteiger partial charge in [-0.2, -0.15) is 0 Å². The number of aromatic amines is 1. The van der Waals surface area contributed by atoms with Crippen LogP contribution in [0.5, 0.6) is 5.75 Å². The van der Waals surface area contributed by atoms with Gasteiger partial charge in [0, 0.05) is 17.3 Å². The van der Waals surface area contributed by atoms with Gasteiger partial charge in [0.15, 0.2) is 0 Å². The number of ether oxygens (including phenoxy) is 1. The van der Waals surface area contributed by atoms with Crippen LogP contribution in [-0.2, 0) is 6.54 Å². The number of aromatic nitrogens is 2. The van der Waals surface area contributed by atoms with Crippen LogP contribution in [0.2, 0.25) is 0 Å². The fourth-order valence-corrected chi connectivity index (χ4v) is 1.97. The van der Waals surface area contributed by atoms with Crippen molar-refractivity contribution in [2.45, 2.75) is 19.9 Å². The largest absolute Gasteiger partial charge is 0.494 e. The average molecular weight is 316 g/mol. The number of nitrogens with zero attached hydrogens (tertiary/aromatic N) is 1.